The number of anilines is 2. The largest absolute Gasteiger partial charge is 0.449 e. The number of carbonyl (C=O) groups excluding carboxylic acids is 3. The van der Waals surface area contributed by atoms with Gasteiger partial charge < -0.3 is 15.4 Å². The molecular formula is C20H20N2O4S. The molecule has 0 fully saturated rings. The summed E-state index contributed by atoms with van der Waals surface area (Å²) in [5.41, 5.74) is 3.45. The molecule has 27 heavy (non-hydrogen) atoms. The Kier molecular flexibility index (Phi) is 5.51. The first-order valence-corrected chi connectivity index (χ1v) is 9.48. The molecule has 1 aliphatic heterocycles. The summed E-state index contributed by atoms with van der Waals surface area (Å²) in [6.45, 7) is 5.33. The van der Waals surface area contributed by atoms with Gasteiger partial charge in [-0.2, -0.15) is 0 Å². The Bertz CT molecular complexity index is 906. The second-order valence-corrected chi connectivity index (χ2v) is 7.37. The van der Waals surface area contributed by atoms with Gasteiger partial charge >= 0.3 is 5.97 Å². The fourth-order valence-electron chi connectivity index (χ4n) is 2.73. The van der Waals surface area contributed by atoms with Crippen molar-refractivity contribution >= 4 is 40.9 Å². The van der Waals surface area contributed by atoms with Crippen LogP contribution in [0.3, 0.4) is 0 Å². The standard InChI is InChI=1S/C20H20N2O4S/c1-11-5-4-6-12(2)18(11)22-19(24)13(3)26-20(25)14-7-8-16-15(9-14)21-17(23)10-27-16/h4-9,13H,10H2,1-3H3,(H,21,23)(H,22,24). The lowest BCUT2D eigenvalue weighted by atomic mass is 10.1. The Morgan fingerprint density at radius 1 is 1.19 bits per heavy atom. The van der Waals surface area contributed by atoms with Crippen molar-refractivity contribution in [2.45, 2.75) is 31.8 Å². The maximum atomic E-state index is 12.4. The molecule has 2 aromatic rings. The lowest BCUT2D eigenvalue weighted by Crippen LogP contribution is -2.30. The van der Waals surface area contributed by atoms with Crippen LogP contribution in [0.5, 0.6) is 0 Å². The van der Waals surface area contributed by atoms with Crippen LogP contribution in [0, 0.1) is 13.8 Å². The van der Waals surface area contributed by atoms with E-state index in [2.05, 4.69) is 10.6 Å². The Morgan fingerprint density at radius 2 is 1.89 bits per heavy atom. The van der Waals surface area contributed by atoms with Gasteiger partial charge in [-0.25, -0.2) is 4.79 Å². The van der Waals surface area contributed by atoms with Crippen molar-refractivity contribution in [2.24, 2.45) is 0 Å². The number of aryl methyl sites for hydroxylation is 2. The zero-order valence-electron chi connectivity index (χ0n) is 15.3. The van der Waals surface area contributed by atoms with Crippen LogP contribution in [-0.2, 0) is 14.3 Å². The third-order valence-corrected chi connectivity index (χ3v) is 5.30. The van der Waals surface area contributed by atoms with E-state index in [1.165, 1.54) is 18.7 Å². The van der Waals surface area contributed by atoms with Crippen LogP contribution in [0.2, 0.25) is 0 Å². The molecule has 1 heterocycles. The van der Waals surface area contributed by atoms with Gasteiger partial charge in [0.25, 0.3) is 5.91 Å². The van der Waals surface area contributed by atoms with Crippen molar-refractivity contribution in [3.05, 3.63) is 53.1 Å². The molecule has 0 radical (unpaired) electrons. The van der Waals surface area contributed by atoms with Crippen molar-refractivity contribution in [1.82, 2.24) is 0 Å². The molecule has 0 saturated heterocycles. The third-order valence-electron chi connectivity index (χ3n) is 4.23. The zero-order valence-corrected chi connectivity index (χ0v) is 16.1. The number of amides is 2. The number of thioether (sulfide) groups is 1. The third kappa shape index (κ3) is 4.31. The van der Waals surface area contributed by atoms with Gasteiger partial charge in [0, 0.05) is 10.6 Å². The van der Waals surface area contributed by atoms with Gasteiger partial charge in [-0.05, 0) is 50.1 Å². The minimum Gasteiger partial charge on any atom is -0.449 e. The monoisotopic (exact) mass is 384 g/mol. The highest BCUT2D eigenvalue weighted by molar-refractivity contribution is 8.00. The number of rotatable bonds is 4. The van der Waals surface area contributed by atoms with E-state index < -0.39 is 18.0 Å². The fourth-order valence-corrected chi connectivity index (χ4v) is 3.52. The first-order valence-electron chi connectivity index (χ1n) is 8.50. The number of benzene rings is 2. The molecule has 0 aliphatic carbocycles. The number of nitrogens with one attached hydrogen (secondary N) is 2. The Morgan fingerprint density at radius 3 is 2.59 bits per heavy atom. The minimum absolute atomic E-state index is 0.112. The summed E-state index contributed by atoms with van der Waals surface area (Å²) in [7, 11) is 0. The highest BCUT2D eigenvalue weighted by Crippen LogP contribution is 2.32. The lowest BCUT2D eigenvalue weighted by Gasteiger charge is -2.18. The highest BCUT2D eigenvalue weighted by Gasteiger charge is 2.22. The van der Waals surface area contributed by atoms with E-state index in [1.54, 1.807) is 18.2 Å². The smallest absolute Gasteiger partial charge is 0.338 e. The summed E-state index contributed by atoms with van der Waals surface area (Å²) in [5.74, 6) is -0.777. The predicted octanol–water partition coefficient (Wildman–Crippen LogP) is 3.53. The van der Waals surface area contributed by atoms with E-state index in [0.717, 1.165) is 21.7 Å². The molecule has 1 unspecified atom stereocenters. The molecule has 0 spiro atoms. The van der Waals surface area contributed by atoms with E-state index in [9.17, 15) is 14.4 Å². The van der Waals surface area contributed by atoms with Gasteiger partial charge in [0.05, 0.1) is 17.0 Å². The Labute approximate surface area is 161 Å². The maximum absolute atomic E-state index is 12.4. The van der Waals surface area contributed by atoms with E-state index in [-0.39, 0.29) is 11.5 Å². The van der Waals surface area contributed by atoms with Crippen LogP contribution in [0.1, 0.15) is 28.4 Å². The summed E-state index contributed by atoms with van der Waals surface area (Å²) < 4.78 is 5.30. The molecule has 6 nitrogen and oxygen atoms in total. The topological polar surface area (TPSA) is 84.5 Å². The van der Waals surface area contributed by atoms with Crippen molar-refractivity contribution in [2.75, 3.05) is 16.4 Å². The molecule has 1 aliphatic rings. The lowest BCUT2D eigenvalue weighted by molar-refractivity contribution is -0.123. The van der Waals surface area contributed by atoms with Gasteiger partial charge in [0.1, 0.15) is 0 Å². The van der Waals surface area contributed by atoms with Crippen molar-refractivity contribution in [3.63, 3.8) is 0 Å². The summed E-state index contributed by atoms with van der Waals surface area (Å²) >= 11 is 1.41. The average Bonchev–Trinajstić information content (AvgIpc) is 2.63. The fraction of sp³-hybridized carbons (Fsp3) is 0.250. The van der Waals surface area contributed by atoms with Crippen molar-refractivity contribution < 1.29 is 19.1 Å². The van der Waals surface area contributed by atoms with Crippen LogP contribution in [0.15, 0.2) is 41.3 Å². The average molecular weight is 384 g/mol. The first kappa shape index (κ1) is 19.0. The molecular weight excluding hydrogens is 364 g/mol. The summed E-state index contributed by atoms with van der Waals surface area (Å²) in [4.78, 5) is 37.2. The quantitative estimate of drug-likeness (QED) is 0.788. The van der Waals surface area contributed by atoms with Gasteiger partial charge in [-0.15, -0.1) is 11.8 Å². The first-order chi connectivity index (χ1) is 12.8. The van der Waals surface area contributed by atoms with Gasteiger partial charge in [-0.3, -0.25) is 9.59 Å². The second-order valence-electron chi connectivity index (χ2n) is 6.35. The molecule has 2 amide bonds. The van der Waals surface area contributed by atoms with E-state index in [1.807, 2.05) is 32.0 Å². The van der Waals surface area contributed by atoms with E-state index in [4.69, 9.17) is 4.74 Å². The molecule has 2 aromatic carbocycles. The summed E-state index contributed by atoms with van der Waals surface area (Å²) in [6, 6.07) is 10.7. The maximum Gasteiger partial charge on any atom is 0.338 e. The van der Waals surface area contributed by atoms with Gasteiger partial charge in [0.15, 0.2) is 6.10 Å². The van der Waals surface area contributed by atoms with Gasteiger partial charge in [-0.1, -0.05) is 18.2 Å². The van der Waals surface area contributed by atoms with Crippen molar-refractivity contribution in [1.29, 1.82) is 0 Å². The van der Waals surface area contributed by atoms with Crippen LogP contribution >= 0.6 is 11.8 Å². The van der Waals surface area contributed by atoms with Crippen LogP contribution in [0.25, 0.3) is 0 Å². The van der Waals surface area contributed by atoms with Crippen LogP contribution < -0.4 is 10.6 Å². The summed E-state index contributed by atoms with van der Waals surface area (Å²) in [6.07, 6.45) is -0.962. The second kappa shape index (κ2) is 7.84. The summed E-state index contributed by atoms with van der Waals surface area (Å²) in [5, 5.41) is 5.54. The molecule has 3 rings (SSSR count). The van der Waals surface area contributed by atoms with Gasteiger partial charge in [0.2, 0.25) is 5.91 Å². The normalized spacial score (nSPS) is 14.0. The highest BCUT2D eigenvalue weighted by atomic mass is 32.2. The van der Waals surface area contributed by atoms with E-state index >= 15 is 0 Å². The zero-order chi connectivity index (χ0) is 19.6. The molecule has 2 N–H and O–H groups in total. The predicted molar refractivity (Wildman–Crippen MR) is 105 cm³/mol. The molecule has 1 atom stereocenters. The molecule has 140 valence electrons. The number of ether oxygens (including phenoxy) is 1. The number of fused-ring (bicyclic) bond motifs is 1. The van der Waals surface area contributed by atoms with E-state index in [0.29, 0.717) is 11.4 Å². The molecule has 0 saturated carbocycles. The number of esters is 1. The molecule has 0 aromatic heterocycles. The SMILES string of the molecule is Cc1cccc(C)c1NC(=O)C(C)OC(=O)c1ccc2c(c1)NC(=O)CS2. The Balaban J connectivity index is 1.68. The number of hydrogen-bond acceptors (Lipinski definition) is 5. The number of carbonyl (C=O) groups is 3. The number of hydrogen-bond donors (Lipinski definition) is 2. The Hall–Kier alpha value is -2.80. The van der Waals surface area contributed by atoms with Crippen molar-refractivity contribution in [3.8, 4) is 0 Å². The minimum atomic E-state index is -0.962. The molecule has 0 bridgehead atoms. The molecule has 7 heteroatoms. The van der Waals surface area contributed by atoms with Crippen LogP contribution in [0.4, 0.5) is 11.4 Å². The van der Waals surface area contributed by atoms with Crippen LogP contribution in [-0.4, -0.2) is 29.6 Å². The number of para-hydroxylation sites is 1.